The van der Waals surface area contributed by atoms with Crippen molar-refractivity contribution in [2.75, 3.05) is 26.2 Å². The monoisotopic (exact) mass is 716 g/mol. The maximum Gasteiger partial charge on any atom is 0.320 e. The van der Waals surface area contributed by atoms with E-state index in [2.05, 4.69) is 15.4 Å². The zero-order valence-corrected chi connectivity index (χ0v) is 29.3. The summed E-state index contributed by atoms with van der Waals surface area (Å²) in [6.07, 6.45) is 2.67. The molecule has 20 heteroatoms. The van der Waals surface area contributed by atoms with E-state index in [1.807, 2.05) is 27.7 Å². The second kappa shape index (κ2) is 17.9. The molecule has 1 unspecified atom stereocenters. The SMILES string of the molecule is CCCc1nn(C)c2c(=O)[nH]c(-c3cc(S(=O)(=O)N4C[C@@H](C)N[C@@H](C)C4)ccc3OCC)nc12.NCCCC(N)C(=O)O.O=P([O-])([O-])O. The highest BCUT2D eigenvalue weighted by Crippen LogP contribution is 2.32. The number of carboxylic acid groups (broad SMARTS) is 1. The second-order valence-corrected chi connectivity index (χ2v) is 14.0. The molecule has 0 saturated carbocycles. The highest BCUT2D eigenvalue weighted by atomic mass is 32.2. The van der Waals surface area contributed by atoms with Gasteiger partial charge in [-0.3, -0.25) is 14.3 Å². The lowest BCUT2D eigenvalue weighted by atomic mass is 10.1. The Balaban J connectivity index is 0.000000480. The molecule has 2 aromatic heterocycles. The minimum atomic E-state index is -5.14. The quantitative estimate of drug-likeness (QED) is 0.130. The van der Waals surface area contributed by atoms with Gasteiger partial charge in [0.2, 0.25) is 10.0 Å². The van der Waals surface area contributed by atoms with Crippen molar-refractivity contribution in [1.82, 2.24) is 29.4 Å². The van der Waals surface area contributed by atoms with Crippen LogP contribution in [0.4, 0.5) is 0 Å². The lowest BCUT2D eigenvalue weighted by Crippen LogP contribution is -2.55. The fourth-order valence-electron chi connectivity index (χ4n) is 5.00. The number of piperazine rings is 1. The van der Waals surface area contributed by atoms with Crippen molar-refractivity contribution in [3.05, 3.63) is 34.2 Å². The Morgan fingerprint density at radius 3 is 2.35 bits per heavy atom. The van der Waals surface area contributed by atoms with Crippen molar-refractivity contribution >= 4 is 34.8 Å². The molecule has 1 fully saturated rings. The molecule has 0 amide bonds. The summed E-state index contributed by atoms with van der Waals surface area (Å²) in [7, 11) is -7.18. The molecular weight excluding hydrogens is 671 g/mol. The number of aromatic nitrogens is 4. The average molecular weight is 717 g/mol. The molecule has 270 valence electrons. The maximum atomic E-state index is 13.5. The van der Waals surface area contributed by atoms with E-state index in [0.717, 1.165) is 12.1 Å². The third kappa shape index (κ3) is 11.7. The summed E-state index contributed by atoms with van der Waals surface area (Å²) in [5.41, 5.74) is 12.0. The van der Waals surface area contributed by atoms with E-state index in [0.29, 0.717) is 67.8 Å². The molecule has 4 rings (SSSR count). The van der Waals surface area contributed by atoms with Crippen LogP contribution >= 0.6 is 7.82 Å². The van der Waals surface area contributed by atoms with Gasteiger partial charge in [0, 0.05) is 32.2 Å². The molecule has 0 radical (unpaired) electrons. The van der Waals surface area contributed by atoms with Gasteiger partial charge in [0.05, 0.1) is 30.6 Å². The smallest absolute Gasteiger partial charge is 0.320 e. The van der Waals surface area contributed by atoms with Gasteiger partial charge >= 0.3 is 5.97 Å². The second-order valence-electron chi connectivity index (χ2n) is 11.2. The number of rotatable bonds is 11. The van der Waals surface area contributed by atoms with E-state index >= 15 is 0 Å². The molecule has 3 heterocycles. The van der Waals surface area contributed by atoms with Crippen LogP contribution < -0.4 is 36.9 Å². The Morgan fingerprint density at radius 1 is 1.23 bits per heavy atom. The van der Waals surface area contributed by atoms with Crippen LogP contribution in [0.3, 0.4) is 0 Å². The minimum Gasteiger partial charge on any atom is -0.790 e. The van der Waals surface area contributed by atoms with Gasteiger partial charge in [0.1, 0.15) is 23.1 Å². The highest BCUT2D eigenvalue weighted by Gasteiger charge is 2.32. The van der Waals surface area contributed by atoms with Crippen LogP contribution in [-0.2, 0) is 32.9 Å². The van der Waals surface area contributed by atoms with Crippen molar-refractivity contribution in [1.29, 1.82) is 0 Å². The van der Waals surface area contributed by atoms with Crippen LogP contribution in [0.5, 0.6) is 5.75 Å². The first-order valence-corrected chi connectivity index (χ1v) is 18.2. The molecule has 0 aliphatic carbocycles. The maximum absolute atomic E-state index is 13.5. The Morgan fingerprint density at radius 2 is 1.83 bits per heavy atom. The predicted octanol–water partition coefficient (Wildman–Crippen LogP) is -1.01. The number of carbonyl (C=O) groups is 1. The number of phosphoric acid groups is 1. The number of ether oxygens (including phenoxy) is 1. The Labute approximate surface area is 278 Å². The van der Waals surface area contributed by atoms with E-state index in [9.17, 15) is 18.0 Å². The highest BCUT2D eigenvalue weighted by molar-refractivity contribution is 7.89. The van der Waals surface area contributed by atoms with E-state index in [1.165, 1.54) is 15.1 Å². The van der Waals surface area contributed by atoms with Crippen LogP contribution in [0, 0.1) is 0 Å². The fourth-order valence-corrected chi connectivity index (χ4v) is 6.64. The van der Waals surface area contributed by atoms with Crippen molar-refractivity contribution < 1.29 is 42.3 Å². The normalized spacial score (nSPS) is 17.5. The molecule has 18 nitrogen and oxygen atoms in total. The Hall–Kier alpha value is -3.26. The lowest BCUT2D eigenvalue weighted by molar-refractivity contribution is -0.337. The molecule has 1 aromatic carbocycles. The van der Waals surface area contributed by atoms with Crippen molar-refractivity contribution in [3.8, 4) is 17.1 Å². The lowest BCUT2D eigenvalue weighted by Gasteiger charge is -2.35. The molecule has 1 aliphatic rings. The largest absolute Gasteiger partial charge is 0.790 e. The first-order valence-electron chi connectivity index (χ1n) is 15.3. The molecule has 8 N–H and O–H groups in total. The number of aryl methyl sites for hydroxylation is 2. The molecule has 0 spiro atoms. The number of aliphatic carboxylic acids is 1. The summed E-state index contributed by atoms with van der Waals surface area (Å²) in [4.78, 5) is 54.9. The minimum absolute atomic E-state index is 0.0451. The number of carboxylic acids is 1. The van der Waals surface area contributed by atoms with Gasteiger partial charge < -0.3 is 50.9 Å². The van der Waals surface area contributed by atoms with Gasteiger partial charge in [-0.15, -0.1) is 0 Å². The predicted molar refractivity (Wildman–Crippen MR) is 174 cm³/mol. The standard InChI is InChI=1S/C23H32N6O4S.C5H12N2O2.H3O4P/c1-6-8-18-20-21(28(5)27-18)23(30)26-22(25-20)17-11-16(9-10-19(17)33-7-2)34(31,32)29-12-14(3)24-15(4)13-29;6-3-1-2-4(7)5(8)9;1-5(2,3)4/h9-11,14-15,24H,6-8,12-13H2,1-5H3,(H,25,26,30);4H,1-3,6-7H2,(H,8,9);(H3,1,2,3,4)/p-2/t14-,15+;;. The van der Waals surface area contributed by atoms with Gasteiger partial charge in [-0.2, -0.15) is 9.40 Å². The van der Waals surface area contributed by atoms with Crippen molar-refractivity contribution in [3.63, 3.8) is 0 Å². The summed E-state index contributed by atoms with van der Waals surface area (Å²) in [6, 6.07) is 4.06. The number of benzene rings is 1. The zero-order valence-electron chi connectivity index (χ0n) is 27.6. The molecular formula is C28H45N8O10PS-2. The summed E-state index contributed by atoms with van der Waals surface area (Å²) >= 11 is 0. The van der Waals surface area contributed by atoms with Gasteiger partial charge in [-0.05, 0) is 64.8 Å². The van der Waals surface area contributed by atoms with Crippen LogP contribution in [0.25, 0.3) is 22.4 Å². The first kappa shape index (κ1) is 40.9. The van der Waals surface area contributed by atoms with Crippen LogP contribution in [0.15, 0.2) is 27.9 Å². The number of hydrogen-bond acceptors (Lipinski definition) is 13. The molecule has 48 heavy (non-hydrogen) atoms. The number of fused-ring (bicyclic) bond motifs is 1. The summed E-state index contributed by atoms with van der Waals surface area (Å²) in [5.74, 6) is -0.249. The number of hydrogen-bond donors (Lipinski definition) is 6. The molecule has 3 atom stereocenters. The van der Waals surface area contributed by atoms with Gasteiger partial charge in [0.25, 0.3) is 5.56 Å². The van der Waals surface area contributed by atoms with E-state index in [1.54, 1.807) is 19.2 Å². The summed E-state index contributed by atoms with van der Waals surface area (Å²) in [6.45, 7) is 9.46. The number of aromatic amines is 1. The van der Waals surface area contributed by atoms with Gasteiger partial charge in [-0.25, -0.2) is 13.4 Å². The number of nitrogens with zero attached hydrogens (tertiary/aromatic N) is 4. The third-order valence-corrected chi connectivity index (χ3v) is 8.78. The van der Waals surface area contributed by atoms with Crippen LogP contribution in [-0.4, -0.2) is 92.8 Å². The van der Waals surface area contributed by atoms with E-state index in [-0.39, 0.29) is 28.4 Å². The molecule has 1 saturated heterocycles. The molecule has 3 aromatic rings. The van der Waals surface area contributed by atoms with Crippen LogP contribution in [0.1, 0.15) is 52.7 Å². The first-order chi connectivity index (χ1) is 22.3. The summed E-state index contributed by atoms with van der Waals surface area (Å²) < 4.78 is 44.5. The number of sulfonamides is 1. The van der Waals surface area contributed by atoms with E-state index < -0.39 is 29.9 Å². The van der Waals surface area contributed by atoms with Crippen molar-refractivity contribution in [2.45, 2.75) is 76.4 Å². The van der Waals surface area contributed by atoms with Crippen molar-refractivity contribution in [2.24, 2.45) is 18.5 Å². The topological polar surface area (TPSA) is 295 Å². The van der Waals surface area contributed by atoms with E-state index in [4.69, 9.17) is 45.5 Å². The number of nitrogens with one attached hydrogen (secondary N) is 2. The van der Waals surface area contributed by atoms with Gasteiger partial charge in [0.15, 0.2) is 5.52 Å². The Bertz CT molecular complexity index is 1730. The van der Waals surface area contributed by atoms with Crippen LogP contribution in [0.2, 0.25) is 0 Å². The third-order valence-electron chi connectivity index (χ3n) is 6.95. The number of H-pyrrole nitrogens is 1. The average Bonchev–Trinajstić information content (AvgIpc) is 3.30. The molecule has 0 bridgehead atoms. The Kier molecular flexibility index (Phi) is 15.3. The van der Waals surface area contributed by atoms with Gasteiger partial charge in [-0.1, -0.05) is 13.3 Å². The zero-order chi connectivity index (χ0) is 36.4. The summed E-state index contributed by atoms with van der Waals surface area (Å²) in [5, 5.41) is 16.1. The molecule has 1 aliphatic heterocycles. The number of nitrogens with two attached hydrogens (primary N) is 2. The fraction of sp³-hybridized carbons (Fsp3) is 0.571.